The van der Waals surface area contributed by atoms with E-state index in [2.05, 4.69) is 42.4 Å². The predicted molar refractivity (Wildman–Crippen MR) is 69.0 cm³/mol. The summed E-state index contributed by atoms with van der Waals surface area (Å²) < 4.78 is 0. The zero-order valence-electron chi connectivity index (χ0n) is 10.0. The predicted octanol–water partition coefficient (Wildman–Crippen LogP) is 1.86. The number of nitrogens with two attached hydrogens (primary N) is 1. The van der Waals surface area contributed by atoms with Crippen molar-refractivity contribution in [2.24, 2.45) is 5.73 Å². The molecule has 2 unspecified atom stereocenters. The highest BCUT2D eigenvalue weighted by Crippen LogP contribution is 2.14. The number of terminal acetylenes is 1. The molecule has 0 aliphatic heterocycles. The molecule has 0 aromatic heterocycles. The Labute approximate surface area is 98.2 Å². The van der Waals surface area contributed by atoms with Crippen LogP contribution in [-0.4, -0.2) is 12.6 Å². The second kappa shape index (κ2) is 6.32. The molecule has 2 nitrogen and oxygen atoms in total. The summed E-state index contributed by atoms with van der Waals surface area (Å²) in [5, 5.41) is 3.31. The molecule has 0 radical (unpaired) electrons. The minimum atomic E-state index is 0.0411. The molecule has 86 valence electrons. The van der Waals surface area contributed by atoms with E-state index in [1.165, 1.54) is 11.1 Å². The van der Waals surface area contributed by atoms with E-state index in [9.17, 15) is 0 Å². The molecule has 0 fully saturated rings. The van der Waals surface area contributed by atoms with Gasteiger partial charge >= 0.3 is 0 Å². The van der Waals surface area contributed by atoms with E-state index in [1.807, 2.05) is 6.92 Å². The number of rotatable bonds is 5. The second-order valence-electron chi connectivity index (χ2n) is 3.94. The van der Waals surface area contributed by atoms with Gasteiger partial charge < -0.3 is 5.73 Å². The molecule has 0 aliphatic rings. The molecular formula is C14H20N2. The number of benzene rings is 1. The molecule has 0 saturated carbocycles. The van der Waals surface area contributed by atoms with Crippen molar-refractivity contribution in [3.63, 3.8) is 0 Å². The molecule has 1 rings (SSSR count). The summed E-state index contributed by atoms with van der Waals surface area (Å²) >= 11 is 0. The summed E-state index contributed by atoms with van der Waals surface area (Å²) in [6, 6.07) is 8.69. The lowest BCUT2D eigenvalue weighted by molar-refractivity contribution is 0.518. The van der Waals surface area contributed by atoms with Gasteiger partial charge in [0.15, 0.2) is 0 Å². The van der Waals surface area contributed by atoms with E-state index in [0.29, 0.717) is 6.54 Å². The Balaban J connectivity index is 2.75. The minimum Gasteiger partial charge on any atom is -0.329 e. The Kier molecular flexibility index (Phi) is 5.04. The van der Waals surface area contributed by atoms with E-state index in [4.69, 9.17) is 12.2 Å². The average molecular weight is 216 g/mol. The molecule has 1 aromatic carbocycles. The van der Waals surface area contributed by atoms with E-state index in [-0.39, 0.29) is 12.1 Å². The third-order valence-electron chi connectivity index (χ3n) is 2.73. The van der Waals surface area contributed by atoms with Crippen LogP contribution in [0.4, 0.5) is 0 Å². The summed E-state index contributed by atoms with van der Waals surface area (Å²) in [7, 11) is 0. The fourth-order valence-corrected chi connectivity index (χ4v) is 1.64. The van der Waals surface area contributed by atoms with Crippen LogP contribution in [0.25, 0.3) is 0 Å². The van der Waals surface area contributed by atoms with Gasteiger partial charge in [-0.3, -0.25) is 5.32 Å². The van der Waals surface area contributed by atoms with Gasteiger partial charge in [-0.05, 0) is 24.5 Å². The second-order valence-corrected chi connectivity index (χ2v) is 3.94. The van der Waals surface area contributed by atoms with Crippen LogP contribution in [0, 0.1) is 12.3 Å². The maximum Gasteiger partial charge on any atom is 0.0663 e. The highest BCUT2D eigenvalue weighted by Gasteiger charge is 2.10. The molecule has 0 bridgehead atoms. The van der Waals surface area contributed by atoms with Crippen molar-refractivity contribution in [3.8, 4) is 12.3 Å². The summed E-state index contributed by atoms with van der Waals surface area (Å²) in [5.74, 6) is 2.66. The number of hydrogen-bond donors (Lipinski definition) is 2. The Morgan fingerprint density at radius 2 is 2.00 bits per heavy atom. The van der Waals surface area contributed by atoms with Crippen LogP contribution in [0.1, 0.15) is 31.0 Å². The van der Waals surface area contributed by atoms with E-state index >= 15 is 0 Å². The first-order valence-electron chi connectivity index (χ1n) is 5.72. The quantitative estimate of drug-likeness (QED) is 0.737. The lowest BCUT2D eigenvalue weighted by atomic mass is 10.0. The summed E-state index contributed by atoms with van der Waals surface area (Å²) in [6.07, 6.45) is 6.40. The topological polar surface area (TPSA) is 38.0 Å². The van der Waals surface area contributed by atoms with Gasteiger partial charge in [-0.2, -0.15) is 0 Å². The van der Waals surface area contributed by atoms with Gasteiger partial charge in [0.25, 0.3) is 0 Å². The lowest BCUT2D eigenvalue weighted by Crippen LogP contribution is -2.34. The summed E-state index contributed by atoms with van der Waals surface area (Å²) in [6.45, 7) is 4.66. The van der Waals surface area contributed by atoms with Crippen LogP contribution >= 0.6 is 0 Å². The minimum absolute atomic E-state index is 0.0411. The van der Waals surface area contributed by atoms with Crippen LogP contribution in [0.3, 0.4) is 0 Å². The Morgan fingerprint density at radius 3 is 2.44 bits per heavy atom. The van der Waals surface area contributed by atoms with Crippen molar-refractivity contribution >= 4 is 0 Å². The van der Waals surface area contributed by atoms with Gasteiger partial charge in [0, 0.05) is 12.6 Å². The fraction of sp³-hybridized carbons (Fsp3) is 0.429. The standard InChI is InChI=1S/C14H20N2/c1-4-11(3)16-14(10-15)13-8-6-12(5-2)7-9-13/h1,6-9,11,14,16H,5,10,15H2,2-3H3. The van der Waals surface area contributed by atoms with Crippen LogP contribution in [0.2, 0.25) is 0 Å². The monoisotopic (exact) mass is 216 g/mol. The van der Waals surface area contributed by atoms with Crippen LogP contribution in [0.5, 0.6) is 0 Å². The molecule has 0 saturated heterocycles. The van der Waals surface area contributed by atoms with E-state index in [1.54, 1.807) is 0 Å². The normalized spacial score (nSPS) is 14.1. The largest absolute Gasteiger partial charge is 0.329 e. The van der Waals surface area contributed by atoms with Crippen LogP contribution < -0.4 is 11.1 Å². The molecule has 0 aliphatic carbocycles. The maximum absolute atomic E-state index is 5.75. The fourth-order valence-electron chi connectivity index (χ4n) is 1.64. The van der Waals surface area contributed by atoms with Crippen molar-refractivity contribution in [3.05, 3.63) is 35.4 Å². The molecule has 0 spiro atoms. The van der Waals surface area contributed by atoms with Crippen molar-refractivity contribution in [2.75, 3.05) is 6.54 Å². The third-order valence-corrected chi connectivity index (χ3v) is 2.73. The summed E-state index contributed by atoms with van der Waals surface area (Å²) in [5.41, 5.74) is 8.28. The molecular weight excluding hydrogens is 196 g/mol. The number of nitrogens with one attached hydrogen (secondary N) is 1. The molecule has 0 amide bonds. The van der Waals surface area contributed by atoms with Gasteiger partial charge in [-0.15, -0.1) is 6.42 Å². The Morgan fingerprint density at radius 1 is 1.38 bits per heavy atom. The molecule has 1 aromatic rings. The molecule has 0 heterocycles. The van der Waals surface area contributed by atoms with Crippen molar-refractivity contribution in [2.45, 2.75) is 32.4 Å². The smallest absolute Gasteiger partial charge is 0.0663 e. The number of hydrogen-bond acceptors (Lipinski definition) is 2. The SMILES string of the molecule is C#CC(C)NC(CN)c1ccc(CC)cc1. The zero-order chi connectivity index (χ0) is 12.0. The average Bonchev–Trinajstić information content (AvgIpc) is 2.35. The van der Waals surface area contributed by atoms with Crippen molar-refractivity contribution in [1.29, 1.82) is 0 Å². The first-order valence-corrected chi connectivity index (χ1v) is 5.72. The highest BCUT2D eigenvalue weighted by atomic mass is 15.0. The Bertz CT molecular complexity index is 348. The van der Waals surface area contributed by atoms with Gasteiger partial charge in [0.05, 0.1) is 6.04 Å². The highest BCUT2D eigenvalue weighted by molar-refractivity contribution is 5.25. The van der Waals surface area contributed by atoms with Gasteiger partial charge in [0.2, 0.25) is 0 Å². The maximum atomic E-state index is 5.75. The first kappa shape index (κ1) is 12.8. The van der Waals surface area contributed by atoms with E-state index < -0.39 is 0 Å². The third kappa shape index (κ3) is 3.37. The van der Waals surface area contributed by atoms with Crippen LogP contribution in [-0.2, 0) is 6.42 Å². The van der Waals surface area contributed by atoms with Crippen molar-refractivity contribution in [1.82, 2.24) is 5.32 Å². The molecule has 3 N–H and O–H groups in total. The molecule has 2 atom stereocenters. The van der Waals surface area contributed by atoms with Crippen molar-refractivity contribution < 1.29 is 0 Å². The van der Waals surface area contributed by atoms with Gasteiger partial charge in [-0.25, -0.2) is 0 Å². The summed E-state index contributed by atoms with van der Waals surface area (Å²) in [4.78, 5) is 0. The Hall–Kier alpha value is -1.30. The zero-order valence-corrected chi connectivity index (χ0v) is 10.0. The van der Waals surface area contributed by atoms with E-state index in [0.717, 1.165) is 6.42 Å². The lowest BCUT2D eigenvalue weighted by Gasteiger charge is -2.19. The van der Waals surface area contributed by atoms with Crippen LogP contribution in [0.15, 0.2) is 24.3 Å². The molecule has 16 heavy (non-hydrogen) atoms. The molecule has 2 heteroatoms. The van der Waals surface area contributed by atoms with Gasteiger partial charge in [-0.1, -0.05) is 37.1 Å². The number of aryl methyl sites for hydroxylation is 1. The first-order chi connectivity index (χ1) is 7.71. The van der Waals surface area contributed by atoms with Gasteiger partial charge in [0.1, 0.15) is 0 Å².